The normalized spacial score (nSPS) is 11.8. The monoisotopic (exact) mass is 181 g/mol. The summed E-state index contributed by atoms with van der Waals surface area (Å²) in [5, 5.41) is 1.04. The lowest BCUT2D eigenvalue weighted by molar-refractivity contribution is -0.104. The minimum Gasteiger partial charge on any atom is -0.298 e. The maximum Gasteiger partial charge on any atom is 0.145 e. The van der Waals surface area contributed by atoms with E-state index < -0.39 is 0 Å². The van der Waals surface area contributed by atoms with E-state index in [2.05, 4.69) is 4.98 Å². The van der Waals surface area contributed by atoms with Crippen LogP contribution in [0.2, 0.25) is 0 Å². The van der Waals surface area contributed by atoms with E-state index in [-0.39, 0.29) is 0 Å². The fourth-order valence-electron chi connectivity index (χ4n) is 0.922. The van der Waals surface area contributed by atoms with Crippen molar-refractivity contribution in [2.75, 3.05) is 0 Å². The molecule has 2 nitrogen and oxygen atoms in total. The number of carbonyl (C=O) groups is 1. The lowest BCUT2D eigenvalue weighted by Crippen LogP contribution is -1.77. The van der Waals surface area contributed by atoms with Crippen LogP contribution in [0.3, 0.4) is 0 Å². The molecule has 1 rings (SSSR count). The first-order chi connectivity index (χ1) is 5.63. The van der Waals surface area contributed by atoms with Gasteiger partial charge in [-0.3, -0.25) is 4.79 Å². The van der Waals surface area contributed by atoms with Gasteiger partial charge in [0.2, 0.25) is 0 Å². The smallest absolute Gasteiger partial charge is 0.145 e. The highest BCUT2D eigenvalue weighted by Crippen LogP contribution is 2.19. The third-order valence-electron chi connectivity index (χ3n) is 1.48. The largest absolute Gasteiger partial charge is 0.298 e. The Hall–Kier alpha value is -0.960. The lowest BCUT2D eigenvalue weighted by Gasteiger charge is -1.87. The van der Waals surface area contributed by atoms with Gasteiger partial charge in [0.15, 0.2) is 0 Å². The van der Waals surface area contributed by atoms with Crippen LogP contribution in [0.1, 0.15) is 22.5 Å². The number of allylic oxidation sites excluding steroid dienone is 1. The number of nitrogens with zero attached hydrogens (tertiary/aromatic N) is 1. The Morgan fingerprint density at radius 2 is 2.17 bits per heavy atom. The summed E-state index contributed by atoms with van der Waals surface area (Å²) in [5.41, 5.74) is 1.74. The molecule has 0 spiro atoms. The number of thiazole rings is 1. The summed E-state index contributed by atoms with van der Waals surface area (Å²) in [6.07, 6.45) is 2.72. The van der Waals surface area contributed by atoms with E-state index >= 15 is 0 Å². The Kier molecular flexibility index (Phi) is 2.76. The minimum absolute atomic E-state index is 0.738. The van der Waals surface area contributed by atoms with Crippen LogP contribution in [0, 0.1) is 13.8 Å². The van der Waals surface area contributed by atoms with E-state index in [0.717, 1.165) is 27.4 Å². The van der Waals surface area contributed by atoms with Gasteiger partial charge in [0, 0.05) is 0 Å². The highest BCUT2D eigenvalue weighted by molar-refractivity contribution is 7.12. The Bertz CT molecular complexity index is 325. The van der Waals surface area contributed by atoms with E-state index in [9.17, 15) is 4.79 Å². The summed E-state index contributed by atoms with van der Waals surface area (Å²) in [6.45, 7) is 5.71. The zero-order chi connectivity index (χ0) is 9.14. The van der Waals surface area contributed by atoms with Gasteiger partial charge in [-0.05, 0) is 32.4 Å². The van der Waals surface area contributed by atoms with Gasteiger partial charge in [-0.25, -0.2) is 4.98 Å². The lowest BCUT2D eigenvalue weighted by atomic mass is 10.2. The number of aromatic nitrogens is 1. The first-order valence-electron chi connectivity index (χ1n) is 3.71. The van der Waals surface area contributed by atoms with Gasteiger partial charge in [-0.15, -0.1) is 11.3 Å². The molecule has 0 N–H and O–H groups in total. The molecule has 0 bridgehead atoms. The summed E-state index contributed by atoms with van der Waals surface area (Å²) in [6, 6.07) is 0. The quantitative estimate of drug-likeness (QED) is 0.518. The van der Waals surface area contributed by atoms with Crippen molar-refractivity contribution in [2.24, 2.45) is 0 Å². The molecule has 3 heteroatoms. The molecule has 0 radical (unpaired) electrons. The predicted octanol–water partition coefficient (Wildman–Crippen LogP) is 2.36. The van der Waals surface area contributed by atoms with Crippen LogP contribution in [0.4, 0.5) is 0 Å². The molecule has 64 valence electrons. The molecular weight excluding hydrogens is 170 g/mol. The number of rotatable bonds is 2. The molecule has 0 aliphatic rings. The van der Waals surface area contributed by atoms with Gasteiger partial charge in [-0.1, -0.05) is 0 Å². The first-order valence-corrected chi connectivity index (χ1v) is 4.52. The Balaban J connectivity index is 3.03. The molecule has 0 aliphatic carbocycles. The number of hydrogen-bond acceptors (Lipinski definition) is 3. The molecular formula is C9H11NOS. The fourth-order valence-corrected chi connectivity index (χ4v) is 1.86. The van der Waals surface area contributed by atoms with E-state index in [0.29, 0.717) is 0 Å². The Morgan fingerprint density at radius 3 is 2.58 bits per heavy atom. The van der Waals surface area contributed by atoms with Crippen LogP contribution in [-0.2, 0) is 4.79 Å². The molecule has 0 aliphatic heterocycles. The van der Waals surface area contributed by atoms with Crippen molar-refractivity contribution in [1.82, 2.24) is 4.98 Å². The topological polar surface area (TPSA) is 30.0 Å². The molecule has 12 heavy (non-hydrogen) atoms. The second kappa shape index (κ2) is 3.63. The highest BCUT2D eigenvalue weighted by Gasteiger charge is 2.01. The maximum absolute atomic E-state index is 10.3. The predicted molar refractivity (Wildman–Crippen MR) is 51.3 cm³/mol. The third kappa shape index (κ3) is 2.01. The van der Waals surface area contributed by atoms with Crippen LogP contribution >= 0.6 is 11.3 Å². The molecule has 0 amide bonds. The number of carbonyl (C=O) groups excluding carboxylic acids is 1. The van der Waals surface area contributed by atoms with Gasteiger partial charge in [0.25, 0.3) is 0 Å². The van der Waals surface area contributed by atoms with E-state index in [1.807, 2.05) is 19.9 Å². The van der Waals surface area contributed by atoms with Gasteiger partial charge < -0.3 is 0 Å². The van der Waals surface area contributed by atoms with Crippen LogP contribution in [-0.4, -0.2) is 11.3 Å². The zero-order valence-electron chi connectivity index (χ0n) is 7.42. The second-order valence-electron chi connectivity index (χ2n) is 2.69. The summed E-state index contributed by atoms with van der Waals surface area (Å²) < 4.78 is 0. The van der Waals surface area contributed by atoms with Crippen molar-refractivity contribution in [3.05, 3.63) is 21.2 Å². The number of aldehydes is 1. The van der Waals surface area contributed by atoms with Crippen molar-refractivity contribution < 1.29 is 4.79 Å². The zero-order valence-corrected chi connectivity index (χ0v) is 8.23. The molecule has 0 aromatic carbocycles. The maximum atomic E-state index is 10.3. The SMILES string of the molecule is C/C(C=O)=C\c1sc(C)nc1C. The van der Waals surface area contributed by atoms with Gasteiger partial charge in [0.1, 0.15) is 6.29 Å². The first kappa shape index (κ1) is 9.13. The molecule has 1 aromatic rings. The van der Waals surface area contributed by atoms with Crippen molar-refractivity contribution in [3.63, 3.8) is 0 Å². The Labute approximate surface area is 76.0 Å². The van der Waals surface area contributed by atoms with Crippen molar-refractivity contribution in [1.29, 1.82) is 0 Å². The summed E-state index contributed by atoms with van der Waals surface area (Å²) in [7, 11) is 0. The third-order valence-corrected chi connectivity index (χ3v) is 2.50. The molecule has 0 saturated heterocycles. The molecule has 1 aromatic heterocycles. The summed E-state index contributed by atoms with van der Waals surface area (Å²) >= 11 is 1.61. The number of hydrogen-bond donors (Lipinski definition) is 0. The molecule has 0 unspecified atom stereocenters. The standard InChI is InChI=1S/C9H11NOS/c1-6(5-11)4-9-7(2)10-8(3)12-9/h4-5H,1-3H3/b6-4+. The van der Waals surface area contributed by atoms with Crippen molar-refractivity contribution >= 4 is 23.7 Å². The van der Waals surface area contributed by atoms with E-state index in [1.165, 1.54) is 0 Å². The molecule has 1 heterocycles. The van der Waals surface area contributed by atoms with Crippen LogP contribution < -0.4 is 0 Å². The van der Waals surface area contributed by atoms with Gasteiger partial charge in [-0.2, -0.15) is 0 Å². The minimum atomic E-state index is 0.738. The summed E-state index contributed by atoms with van der Waals surface area (Å²) in [5.74, 6) is 0. The molecule has 0 saturated carbocycles. The van der Waals surface area contributed by atoms with E-state index in [1.54, 1.807) is 18.3 Å². The molecule has 0 fully saturated rings. The van der Waals surface area contributed by atoms with Gasteiger partial charge >= 0.3 is 0 Å². The average Bonchev–Trinajstić information content (AvgIpc) is 2.30. The molecule has 0 atom stereocenters. The van der Waals surface area contributed by atoms with Gasteiger partial charge in [0.05, 0.1) is 15.6 Å². The Morgan fingerprint density at radius 1 is 1.50 bits per heavy atom. The second-order valence-corrected chi connectivity index (χ2v) is 3.92. The van der Waals surface area contributed by atoms with Crippen LogP contribution in [0.5, 0.6) is 0 Å². The van der Waals surface area contributed by atoms with Crippen LogP contribution in [0.15, 0.2) is 5.57 Å². The number of aryl methyl sites for hydroxylation is 2. The van der Waals surface area contributed by atoms with Crippen molar-refractivity contribution in [3.8, 4) is 0 Å². The van der Waals surface area contributed by atoms with E-state index in [4.69, 9.17) is 0 Å². The summed E-state index contributed by atoms with van der Waals surface area (Å²) in [4.78, 5) is 15.7. The van der Waals surface area contributed by atoms with Crippen molar-refractivity contribution in [2.45, 2.75) is 20.8 Å². The fraction of sp³-hybridized carbons (Fsp3) is 0.333. The highest BCUT2D eigenvalue weighted by atomic mass is 32.1. The average molecular weight is 181 g/mol. The van der Waals surface area contributed by atoms with Crippen LogP contribution in [0.25, 0.3) is 6.08 Å².